The van der Waals surface area contributed by atoms with Gasteiger partial charge in [-0.15, -0.1) is 24.0 Å². The van der Waals surface area contributed by atoms with Crippen LogP contribution < -0.4 is 5.32 Å². The quantitative estimate of drug-likeness (QED) is 0.363. The van der Waals surface area contributed by atoms with Crippen LogP contribution in [0.25, 0.3) is 0 Å². The molecule has 2 aliphatic heterocycles. The van der Waals surface area contributed by atoms with Crippen molar-refractivity contribution in [2.75, 3.05) is 52.9 Å². The molecule has 8 nitrogen and oxygen atoms in total. The average molecular weight is 518 g/mol. The summed E-state index contributed by atoms with van der Waals surface area (Å²) in [7, 11) is 1.82. The molecule has 2 saturated heterocycles. The van der Waals surface area contributed by atoms with Gasteiger partial charge in [0.05, 0.1) is 11.7 Å². The van der Waals surface area contributed by atoms with Crippen molar-refractivity contribution < 1.29 is 9.32 Å². The zero-order valence-electron chi connectivity index (χ0n) is 18.1. The van der Waals surface area contributed by atoms with Gasteiger partial charge in [-0.25, -0.2) is 0 Å². The largest absolute Gasteiger partial charge is 0.361 e. The lowest BCUT2D eigenvalue weighted by Crippen LogP contribution is -2.57. The van der Waals surface area contributed by atoms with E-state index in [1.807, 2.05) is 32.7 Å². The molecule has 2 fully saturated rings. The van der Waals surface area contributed by atoms with Crippen molar-refractivity contribution in [3.63, 3.8) is 0 Å². The maximum absolute atomic E-state index is 12.6. The third-order valence-corrected chi connectivity index (χ3v) is 5.99. The summed E-state index contributed by atoms with van der Waals surface area (Å²) < 4.78 is 5.23. The lowest BCUT2D eigenvalue weighted by molar-refractivity contribution is -0.135. The van der Waals surface area contributed by atoms with Gasteiger partial charge in [0, 0.05) is 58.4 Å². The van der Waals surface area contributed by atoms with E-state index in [2.05, 4.69) is 25.3 Å². The first-order valence-electron chi connectivity index (χ1n) is 10.4. The summed E-state index contributed by atoms with van der Waals surface area (Å²) in [5.74, 6) is 2.09. The summed E-state index contributed by atoms with van der Waals surface area (Å²) in [5.41, 5.74) is 2.13. The lowest BCUT2D eigenvalue weighted by Gasteiger charge is -2.39. The van der Waals surface area contributed by atoms with Gasteiger partial charge in [-0.3, -0.25) is 14.7 Å². The SMILES string of the molecule is CN=C(NCCc1c(C)noc1C)N1CCN(C(C)C(=O)N2CCCC2)CC1.I. The third kappa shape index (κ3) is 5.84. The van der Waals surface area contributed by atoms with E-state index in [9.17, 15) is 4.79 Å². The van der Waals surface area contributed by atoms with Crippen LogP contribution in [0.5, 0.6) is 0 Å². The molecule has 1 amide bonds. The van der Waals surface area contributed by atoms with Crippen molar-refractivity contribution in [2.24, 2.45) is 4.99 Å². The molecule has 1 aromatic rings. The number of nitrogens with zero attached hydrogens (tertiary/aromatic N) is 5. The molecule has 1 unspecified atom stereocenters. The van der Waals surface area contributed by atoms with E-state index in [4.69, 9.17) is 4.52 Å². The number of hydrogen-bond acceptors (Lipinski definition) is 5. The Morgan fingerprint density at radius 3 is 2.34 bits per heavy atom. The Morgan fingerprint density at radius 1 is 1.14 bits per heavy atom. The molecule has 0 aliphatic carbocycles. The van der Waals surface area contributed by atoms with E-state index in [1.165, 1.54) is 5.56 Å². The van der Waals surface area contributed by atoms with E-state index in [0.29, 0.717) is 0 Å². The molecule has 0 aromatic carbocycles. The molecular formula is C20H35IN6O2. The van der Waals surface area contributed by atoms with Crippen molar-refractivity contribution >= 4 is 35.8 Å². The summed E-state index contributed by atoms with van der Waals surface area (Å²) in [6.45, 7) is 12.1. The molecule has 2 aliphatic rings. The van der Waals surface area contributed by atoms with Crippen LogP contribution >= 0.6 is 24.0 Å². The third-order valence-electron chi connectivity index (χ3n) is 5.99. The summed E-state index contributed by atoms with van der Waals surface area (Å²) in [6, 6.07) is -0.0326. The second kappa shape index (κ2) is 11.1. The highest BCUT2D eigenvalue weighted by Gasteiger charge is 2.30. The minimum atomic E-state index is -0.0326. The highest BCUT2D eigenvalue weighted by molar-refractivity contribution is 14.0. The van der Waals surface area contributed by atoms with Crippen LogP contribution in [0.2, 0.25) is 0 Å². The number of likely N-dealkylation sites (tertiary alicyclic amines) is 1. The number of carbonyl (C=O) groups is 1. The fourth-order valence-corrected chi connectivity index (χ4v) is 4.17. The number of amides is 1. The van der Waals surface area contributed by atoms with Crippen molar-refractivity contribution in [1.82, 2.24) is 25.2 Å². The number of aromatic nitrogens is 1. The molecule has 0 saturated carbocycles. The number of guanidine groups is 1. The monoisotopic (exact) mass is 518 g/mol. The predicted octanol–water partition coefficient (Wildman–Crippen LogP) is 1.66. The summed E-state index contributed by atoms with van der Waals surface area (Å²) in [5, 5.41) is 7.47. The summed E-state index contributed by atoms with van der Waals surface area (Å²) in [6.07, 6.45) is 3.14. The van der Waals surface area contributed by atoms with Crippen molar-refractivity contribution in [1.29, 1.82) is 0 Å². The standard InChI is InChI=1S/C20H34N6O2.HI/c1-15-18(17(3)28-23-15)7-8-22-20(21-4)26-13-11-24(12-14-26)16(2)19(27)25-9-5-6-10-25;/h16H,5-14H2,1-4H3,(H,21,22);1H. The molecule has 3 rings (SSSR count). The number of nitrogens with one attached hydrogen (secondary N) is 1. The van der Waals surface area contributed by atoms with Crippen molar-refractivity contribution in [3.8, 4) is 0 Å². The van der Waals surface area contributed by atoms with Crippen LogP contribution in [0, 0.1) is 13.8 Å². The Bertz CT molecular complexity index is 674. The van der Waals surface area contributed by atoms with Crippen LogP contribution in [-0.4, -0.2) is 90.6 Å². The van der Waals surface area contributed by atoms with E-state index < -0.39 is 0 Å². The molecule has 1 N–H and O–H groups in total. The number of piperazine rings is 1. The zero-order chi connectivity index (χ0) is 20.1. The number of hydrogen-bond donors (Lipinski definition) is 1. The van der Waals surface area contributed by atoms with E-state index in [-0.39, 0.29) is 35.9 Å². The molecule has 29 heavy (non-hydrogen) atoms. The van der Waals surface area contributed by atoms with Crippen LogP contribution in [-0.2, 0) is 11.2 Å². The van der Waals surface area contributed by atoms with Gasteiger partial charge in [0.25, 0.3) is 0 Å². The highest BCUT2D eigenvalue weighted by atomic mass is 127. The smallest absolute Gasteiger partial charge is 0.239 e. The lowest BCUT2D eigenvalue weighted by atomic mass is 10.1. The average Bonchev–Trinajstić information content (AvgIpc) is 3.36. The van der Waals surface area contributed by atoms with Gasteiger partial charge in [0.2, 0.25) is 5.91 Å². The second-order valence-electron chi connectivity index (χ2n) is 7.76. The number of carbonyl (C=O) groups excluding carboxylic acids is 1. The number of halogens is 1. The Kier molecular flexibility index (Phi) is 9.19. The molecule has 0 spiro atoms. The topological polar surface area (TPSA) is 77.2 Å². The van der Waals surface area contributed by atoms with Crippen molar-refractivity contribution in [3.05, 3.63) is 17.0 Å². The second-order valence-corrected chi connectivity index (χ2v) is 7.76. The van der Waals surface area contributed by atoms with Gasteiger partial charge in [-0.2, -0.15) is 0 Å². The normalized spacial score (nSPS) is 19.2. The zero-order valence-corrected chi connectivity index (χ0v) is 20.4. The Labute approximate surface area is 191 Å². The van der Waals surface area contributed by atoms with E-state index in [0.717, 1.165) is 82.5 Å². The maximum atomic E-state index is 12.6. The van der Waals surface area contributed by atoms with Crippen LogP contribution in [0.3, 0.4) is 0 Å². The molecule has 1 atom stereocenters. The fourth-order valence-electron chi connectivity index (χ4n) is 4.17. The Hall–Kier alpha value is -1.36. The number of aliphatic imine (C=N–C) groups is 1. The number of aryl methyl sites for hydroxylation is 2. The Morgan fingerprint density at radius 2 is 1.79 bits per heavy atom. The van der Waals surface area contributed by atoms with Crippen LogP contribution in [0.4, 0.5) is 0 Å². The molecule has 1 aromatic heterocycles. The van der Waals surface area contributed by atoms with Gasteiger partial charge in [0.15, 0.2) is 5.96 Å². The molecule has 3 heterocycles. The predicted molar refractivity (Wildman–Crippen MR) is 125 cm³/mol. The van der Waals surface area contributed by atoms with Gasteiger partial charge >= 0.3 is 0 Å². The van der Waals surface area contributed by atoms with E-state index in [1.54, 1.807) is 0 Å². The first-order chi connectivity index (χ1) is 13.5. The minimum Gasteiger partial charge on any atom is -0.361 e. The molecule has 0 radical (unpaired) electrons. The van der Waals surface area contributed by atoms with Crippen molar-refractivity contribution in [2.45, 2.75) is 46.1 Å². The number of rotatable bonds is 5. The van der Waals surface area contributed by atoms with Gasteiger partial charge in [0.1, 0.15) is 5.76 Å². The van der Waals surface area contributed by atoms with Gasteiger partial charge in [-0.05, 0) is 40.0 Å². The molecule has 164 valence electrons. The maximum Gasteiger partial charge on any atom is 0.239 e. The highest BCUT2D eigenvalue weighted by Crippen LogP contribution is 2.14. The molecular weight excluding hydrogens is 483 g/mol. The van der Waals surface area contributed by atoms with Gasteiger partial charge < -0.3 is 19.6 Å². The Balaban J connectivity index is 0.00000300. The van der Waals surface area contributed by atoms with E-state index >= 15 is 0 Å². The fraction of sp³-hybridized carbons (Fsp3) is 0.750. The molecule has 0 bridgehead atoms. The molecule has 9 heteroatoms. The first-order valence-corrected chi connectivity index (χ1v) is 10.4. The van der Waals surface area contributed by atoms with Gasteiger partial charge in [-0.1, -0.05) is 5.16 Å². The van der Waals surface area contributed by atoms with Crippen LogP contribution in [0.15, 0.2) is 9.52 Å². The minimum absolute atomic E-state index is 0. The van der Waals surface area contributed by atoms with Crippen LogP contribution in [0.1, 0.15) is 36.8 Å². The first kappa shape index (κ1) is 23.9. The summed E-state index contributed by atoms with van der Waals surface area (Å²) >= 11 is 0. The summed E-state index contributed by atoms with van der Waals surface area (Å²) in [4.78, 5) is 23.7.